The van der Waals surface area contributed by atoms with Gasteiger partial charge in [-0.3, -0.25) is 0 Å². The Bertz CT molecular complexity index is 346. The van der Waals surface area contributed by atoms with Gasteiger partial charge in [0.15, 0.2) is 0 Å². The summed E-state index contributed by atoms with van der Waals surface area (Å²) in [5.74, 6) is 1.56. The lowest BCUT2D eigenvalue weighted by molar-refractivity contribution is 0.245. The van der Waals surface area contributed by atoms with Gasteiger partial charge < -0.3 is 5.73 Å². The Labute approximate surface area is 109 Å². The van der Waals surface area contributed by atoms with E-state index < -0.39 is 0 Å². The molecule has 0 amide bonds. The Morgan fingerprint density at radius 1 is 1.29 bits per heavy atom. The van der Waals surface area contributed by atoms with E-state index in [0.717, 1.165) is 17.4 Å². The fraction of sp³-hybridized carbons (Fsp3) is 0.600. The van der Waals surface area contributed by atoms with Crippen molar-refractivity contribution < 1.29 is 0 Å². The highest BCUT2D eigenvalue weighted by Crippen LogP contribution is 2.31. The molecule has 1 aromatic rings. The SMILES string of the molecule is CC1CCCC(C(N)Cc2ccc(Cl)cc2)C1. The van der Waals surface area contributed by atoms with Gasteiger partial charge in [0.25, 0.3) is 0 Å². The molecule has 3 unspecified atom stereocenters. The van der Waals surface area contributed by atoms with E-state index in [9.17, 15) is 0 Å². The molecule has 1 nitrogen and oxygen atoms in total. The molecule has 94 valence electrons. The highest BCUT2D eigenvalue weighted by atomic mass is 35.5. The van der Waals surface area contributed by atoms with Crippen molar-refractivity contribution >= 4 is 11.6 Å². The van der Waals surface area contributed by atoms with Crippen LogP contribution in [0.5, 0.6) is 0 Å². The molecule has 2 N–H and O–H groups in total. The van der Waals surface area contributed by atoms with E-state index in [0.29, 0.717) is 12.0 Å². The number of benzene rings is 1. The highest BCUT2D eigenvalue weighted by Gasteiger charge is 2.24. The standard InChI is InChI=1S/C15H22ClN/c1-11-3-2-4-13(9-11)15(17)10-12-5-7-14(16)8-6-12/h5-8,11,13,15H,2-4,9-10,17H2,1H3. The van der Waals surface area contributed by atoms with E-state index in [-0.39, 0.29) is 0 Å². The fourth-order valence-corrected chi connectivity index (χ4v) is 3.06. The first-order valence-electron chi connectivity index (χ1n) is 6.65. The molecule has 1 saturated carbocycles. The van der Waals surface area contributed by atoms with E-state index in [1.54, 1.807) is 0 Å². The highest BCUT2D eigenvalue weighted by molar-refractivity contribution is 6.30. The Balaban J connectivity index is 1.91. The summed E-state index contributed by atoms with van der Waals surface area (Å²) >= 11 is 5.88. The molecule has 3 atom stereocenters. The van der Waals surface area contributed by atoms with Gasteiger partial charge in [-0.1, -0.05) is 43.5 Å². The molecule has 0 bridgehead atoms. The fourth-order valence-electron chi connectivity index (χ4n) is 2.93. The maximum Gasteiger partial charge on any atom is 0.0406 e. The number of hydrogen-bond donors (Lipinski definition) is 1. The summed E-state index contributed by atoms with van der Waals surface area (Å²) in [6.07, 6.45) is 6.31. The first-order chi connectivity index (χ1) is 8.15. The first kappa shape index (κ1) is 12.9. The molecule has 2 heteroatoms. The van der Waals surface area contributed by atoms with E-state index in [2.05, 4.69) is 19.1 Å². The lowest BCUT2D eigenvalue weighted by atomic mass is 9.77. The monoisotopic (exact) mass is 251 g/mol. The Kier molecular flexibility index (Phi) is 4.47. The number of hydrogen-bond acceptors (Lipinski definition) is 1. The van der Waals surface area contributed by atoms with Crippen LogP contribution in [0.4, 0.5) is 0 Å². The third kappa shape index (κ3) is 3.72. The van der Waals surface area contributed by atoms with Crippen molar-refractivity contribution in [1.82, 2.24) is 0 Å². The molecule has 0 spiro atoms. The zero-order valence-electron chi connectivity index (χ0n) is 10.5. The largest absolute Gasteiger partial charge is 0.327 e. The molecule has 0 heterocycles. The van der Waals surface area contributed by atoms with Crippen molar-refractivity contribution in [2.75, 3.05) is 0 Å². The summed E-state index contributed by atoms with van der Waals surface area (Å²) in [7, 11) is 0. The Morgan fingerprint density at radius 2 is 2.00 bits per heavy atom. The van der Waals surface area contributed by atoms with E-state index >= 15 is 0 Å². The number of halogens is 1. The maximum absolute atomic E-state index is 6.35. The minimum atomic E-state index is 0.305. The van der Waals surface area contributed by atoms with Gasteiger partial charge in [0.2, 0.25) is 0 Å². The summed E-state index contributed by atoms with van der Waals surface area (Å²) < 4.78 is 0. The van der Waals surface area contributed by atoms with Crippen LogP contribution in [0.1, 0.15) is 38.2 Å². The van der Waals surface area contributed by atoms with Crippen molar-refractivity contribution in [1.29, 1.82) is 0 Å². The van der Waals surface area contributed by atoms with Gasteiger partial charge in [-0.2, -0.15) is 0 Å². The summed E-state index contributed by atoms with van der Waals surface area (Å²) in [6, 6.07) is 8.39. The van der Waals surface area contributed by atoms with Crippen molar-refractivity contribution in [2.24, 2.45) is 17.6 Å². The van der Waals surface area contributed by atoms with Gasteiger partial charge in [0.05, 0.1) is 0 Å². The minimum absolute atomic E-state index is 0.305. The summed E-state index contributed by atoms with van der Waals surface area (Å²) in [5, 5.41) is 0.800. The van der Waals surface area contributed by atoms with E-state index in [4.69, 9.17) is 17.3 Å². The van der Waals surface area contributed by atoms with Gasteiger partial charge in [-0.15, -0.1) is 0 Å². The van der Waals surface area contributed by atoms with E-state index in [1.807, 2.05) is 12.1 Å². The summed E-state index contributed by atoms with van der Waals surface area (Å²) in [4.78, 5) is 0. The second-order valence-electron chi connectivity index (χ2n) is 5.53. The Hall–Kier alpha value is -0.530. The third-order valence-corrected chi connectivity index (χ3v) is 4.22. The molecule has 17 heavy (non-hydrogen) atoms. The van der Waals surface area contributed by atoms with Crippen molar-refractivity contribution in [3.8, 4) is 0 Å². The Morgan fingerprint density at radius 3 is 2.65 bits per heavy atom. The zero-order valence-corrected chi connectivity index (χ0v) is 11.3. The van der Waals surface area contributed by atoms with Crippen LogP contribution < -0.4 is 5.73 Å². The lowest BCUT2D eigenvalue weighted by Gasteiger charge is -2.31. The molecule has 1 fully saturated rings. The van der Waals surface area contributed by atoms with Crippen LogP contribution in [0.2, 0.25) is 5.02 Å². The molecule has 1 aromatic carbocycles. The van der Waals surface area contributed by atoms with Crippen LogP contribution in [0.25, 0.3) is 0 Å². The molecule has 0 aromatic heterocycles. The topological polar surface area (TPSA) is 26.0 Å². The van der Waals surface area contributed by atoms with Crippen LogP contribution in [-0.4, -0.2) is 6.04 Å². The third-order valence-electron chi connectivity index (χ3n) is 3.97. The molecule has 2 rings (SSSR count). The van der Waals surface area contributed by atoms with Crippen molar-refractivity contribution in [3.05, 3.63) is 34.9 Å². The first-order valence-corrected chi connectivity index (χ1v) is 7.03. The smallest absolute Gasteiger partial charge is 0.0406 e. The quantitative estimate of drug-likeness (QED) is 0.862. The van der Waals surface area contributed by atoms with Gasteiger partial charge in [0.1, 0.15) is 0 Å². The average Bonchev–Trinajstić information content (AvgIpc) is 2.32. The molecular formula is C15H22ClN. The normalized spacial score (nSPS) is 26.8. The van der Waals surface area contributed by atoms with Crippen molar-refractivity contribution in [3.63, 3.8) is 0 Å². The number of rotatable bonds is 3. The predicted molar refractivity (Wildman–Crippen MR) is 74.3 cm³/mol. The minimum Gasteiger partial charge on any atom is -0.327 e. The average molecular weight is 252 g/mol. The molecule has 1 aliphatic carbocycles. The second-order valence-corrected chi connectivity index (χ2v) is 5.96. The van der Waals surface area contributed by atoms with Crippen LogP contribution in [-0.2, 0) is 6.42 Å². The summed E-state index contributed by atoms with van der Waals surface area (Å²) in [6.45, 7) is 2.35. The summed E-state index contributed by atoms with van der Waals surface area (Å²) in [5.41, 5.74) is 7.65. The lowest BCUT2D eigenvalue weighted by Crippen LogP contribution is -2.35. The van der Waals surface area contributed by atoms with Crippen LogP contribution >= 0.6 is 11.6 Å². The van der Waals surface area contributed by atoms with Crippen LogP contribution in [0.3, 0.4) is 0 Å². The molecule has 0 aliphatic heterocycles. The second kappa shape index (κ2) is 5.88. The number of nitrogens with two attached hydrogens (primary N) is 1. The molecule has 0 saturated heterocycles. The predicted octanol–water partition coefficient (Wildman–Crippen LogP) is 4.04. The van der Waals surface area contributed by atoms with Gasteiger partial charge in [0, 0.05) is 11.1 Å². The van der Waals surface area contributed by atoms with Gasteiger partial charge in [-0.05, 0) is 48.8 Å². The van der Waals surface area contributed by atoms with E-state index in [1.165, 1.54) is 31.2 Å². The molecule has 1 aliphatic rings. The van der Waals surface area contributed by atoms with Crippen LogP contribution in [0, 0.1) is 11.8 Å². The van der Waals surface area contributed by atoms with Gasteiger partial charge in [-0.25, -0.2) is 0 Å². The molecule has 0 radical (unpaired) electrons. The zero-order chi connectivity index (χ0) is 12.3. The maximum atomic E-state index is 6.35. The molecular weight excluding hydrogens is 230 g/mol. The van der Waals surface area contributed by atoms with Crippen LogP contribution in [0.15, 0.2) is 24.3 Å². The van der Waals surface area contributed by atoms with Crippen molar-refractivity contribution in [2.45, 2.75) is 45.1 Å². The van der Waals surface area contributed by atoms with Gasteiger partial charge >= 0.3 is 0 Å².